The van der Waals surface area contributed by atoms with E-state index >= 15 is 0 Å². The van der Waals surface area contributed by atoms with E-state index in [-0.39, 0.29) is 5.43 Å². The molecule has 0 spiro atoms. The van der Waals surface area contributed by atoms with Gasteiger partial charge >= 0.3 is 53.5 Å². The molecule has 0 aromatic heterocycles. The van der Waals surface area contributed by atoms with Crippen molar-refractivity contribution in [2.24, 2.45) is 0 Å². The van der Waals surface area contributed by atoms with Gasteiger partial charge in [0.05, 0.1) is 0 Å². The van der Waals surface area contributed by atoms with Crippen LogP contribution in [-0.4, -0.2) is 5.43 Å². The molecule has 0 heterocycles. The predicted octanol–water partition coefficient (Wildman–Crippen LogP) is 7.57. The Bertz CT molecular complexity index is 520. The van der Waals surface area contributed by atoms with E-state index in [9.17, 15) is 0 Å². The zero-order valence-electron chi connectivity index (χ0n) is 16.4. The van der Waals surface area contributed by atoms with E-state index in [1.54, 1.807) is 0 Å². The molecule has 0 aliphatic carbocycles. The van der Waals surface area contributed by atoms with Crippen molar-refractivity contribution < 1.29 is 18.0 Å². The van der Waals surface area contributed by atoms with Gasteiger partial charge in [-0.25, -0.2) is 12.1 Å². The van der Waals surface area contributed by atoms with Gasteiger partial charge in [-0.15, -0.1) is 0 Å². The molecule has 0 bridgehead atoms. The first-order chi connectivity index (χ1) is 10.9. The fraction of sp³-hybridized carbons (Fsp3) is 0.500. The second-order valence-electron chi connectivity index (χ2n) is 8.11. The number of hydrogen-bond acceptors (Lipinski definition) is 0. The van der Waals surface area contributed by atoms with Crippen molar-refractivity contribution in [1.29, 1.82) is 0 Å². The fourth-order valence-electron chi connectivity index (χ4n) is 1.75. The molecule has 2 rings (SSSR count). The van der Waals surface area contributed by atoms with Crippen molar-refractivity contribution in [2.75, 3.05) is 0 Å². The first kappa shape index (κ1) is 24.4. The Labute approximate surface area is 164 Å². The van der Waals surface area contributed by atoms with E-state index in [1.165, 1.54) is 11.1 Å². The molecule has 136 valence electrons. The SMILES string of the molecule is CC(C)(C)c1cc[cH-]c1.CC(C)(C)c1cc[cH-]c1.C[Si](C)=[Zr]([Cl])[Cl]. The topological polar surface area (TPSA) is 0 Å². The van der Waals surface area contributed by atoms with E-state index in [4.69, 9.17) is 17.0 Å². The molecule has 0 N–H and O–H groups in total. The van der Waals surface area contributed by atoms with Gasteiger partial charge in [0.1, 0.15) is 0 Å². The number of rotatable bonds is 0. The van der Waals surface area contributed by atoms with E-state index < -0.39 is 18.0 Å². The van der Waals surface area contributed by atoms with Gasteiger partial charge in [0, 0.05) is 0 Å². The number of hydrogen-bond donors (Lipinski definition) is 0. The van der Waals surface area contributed by atoms with Crippen molar-refractivity contribution in [2.45, 2.75) is 65.5 Å². The Morgan fingerprint density at radius 3 is 1.17 bits per heavy atom. The van der Waals surface area contributed by atoms with Crippen molar-refractivity contribution in [3.63, 3.8) is 0 Å². The minimum absolute atomic E-state index is 0.224. The van der Waals surface area contributed by atoms with Crippen LogP contribution in [0.1, 0.15) is 52.7 Å². The molecule has 0 saturated carbocycles. The van der Waals surface area contributed by atoms with Crippen molar-refractivity contribution in [3.8, 4) is 0 Å². The van der Waals surface area contributed by atoms with Gasteiger partial charge in [0.2, 0.25) is 0 Å². The summed E-state index contributed by atoms with van der Waals surface area (Å²) >= 11 is -1.65. The van der Waals surface area contributed by atoms with Gasteiger partial charge in [-0.1, -0.05) is 52.4 Å². The average Bonchev–Trinajstić information content (AvgIpc) is 3.12. The van der Waals surface area contributed by atoms with E-state index in [0.29, 0.717) is 10.8 Å². The molecule has 24 heavy (non-hydrogen) atoms. The molecular weight excluding hydrogens is 430 g/mol. The normalized spacial score (nSPS) is 10.9. The van der Waals surface area contributed by atoms with E-state index in [1.807, 2.05) is 0 Å². The van der Waals surface area contributed by atoms with E-state index in [2.05, 4.69) is 103 Å². The molecular formula is C20H32Cl2SiZr-2. The Kier molecular flexibility index (Phi) is 11.3. The molecule has 0 aliphatic rings. The third-order valence-electron chi connectivity index (χ3n) is 3.44. The van der Waals surface area contributed by atoms with Crippen LogP contribution in [0.25, 0.3) is 0 Å². The molecule has 0 aliphatic heterocycles. The minimum atomic E-state index is -1.65. The summed E-state index contributed by atoms with van der Waals surface area (Å²) in [4.78, 5) is 0. The van der Waals surface area contributed by atoms with Gasteiger partial charge in [-0.3, -0.25) is 0 Å². The average molecular weight is 463 g/mol. The summed E-state index contributed by atoms with van der Waals surface area (Å²) in [6, 6.07) is 17.0. The van der Waals surface area contributed by atoms with Crippen LogP contribution in [0.5, 0.6) is 0 Å². The molecule has 0 saturated heterocycles. The molecule has 2 aromatic carbocycles. The Morgan fingerprint density at radius 1 is 0.792 bits per heavy atom. The van der Waals surface area contributed by atoms with Crippen molar-refractivity contribution in [3.05, 3.63) is 59.7 Å². The zero-order chi connectivity index (χ0) is 19.0. The monoisotopic (exact) mass is 460 g/mol. The Balaban J connectivity index is 0.000000340. The molecule has 0 radical (unpaired) electrons. The Morgan fingerprint density at radius 2 is 1.08 bits per heavy atom. The Hall–Kier alpha value is 0.380. The van der Waals surface area contributed by atoms with Crippen LogP contribution in [0.2, 0.25) is 13.1 Å². The molecule has 0 unspecified atom stereocenters. The summed E-state index contributed by atoms with van der Waals surface area (Å²) in [6.07, 6.45) is 0. The molecule has 0 nitrogen and oxygen atoms in total. The summed E-state index contributed by atoms with van der Waals surface area (Å²) in [7, 11) is 11.2. The molecule has 4 heteroatoms. The summed E-state index contributed by atoms with van der Waals surface area (Å²) in [5, 5.41) is 0. The van der Waals surface area contributed by atoms with Crippen molar-refractivity contribution >= 4 is 22.5 Å². The van der Waals surface area contributed by atoms with E-state index in [0.717, 1.165) is 0 Å². The predicted molar refractivity (Wildman–Crippen MR) is 111 cm³/mol. The van der Waals surface area contributed by atoms with Crippen LogP contribution in [-0.2, 0) is 28.8 Å². The molecule has 0 atom stereocenters. The summed E-state index contributed by atoms with van der Waals surface area (Å²) in [6.45, 7) is 17.7. The van der Waals surface area contributed by atoms with Gasteiger partial charge in [-0.05, 0) is 0 Å². The van der Waals surface area contributed by atoms with Gasteiger partial charge in [0.15, 0.2) is 0 Å². The van der Waals surface area contributed by atoms with Crippen LogP contribution in [0.15, 0.2) is 48.5 Å². The molecule has 2 aromatic rings. The zero-order valence-corrected chi connectivity index (χ0v) is 21.3. The third-order valence-corrected chi connectivity index (χ3v) is 23.2. The first-order valence-corrected chi connectivity index (χ1v) is 20.8. The summed E-state index contributed by atoms with van der Waals surface area (Å²) < 4.78 is 0. The summed E-state index contributed by atoms with van der Waals surface area (Å²) in [5.41, 5.74) is 3.26. The van der Waals surface area contributed by atoms with Crippen LogP contribution in [0.3, 0.4) is 0 Å². The third kappa shape index (κ3) is 11.1. The van der Waals surface area contributed by atoms with Crippen LogP contribution in [0, 0.1) is 0 Å². The standard InChI is InChI=1S/2C9H13.C2H6Si.2ClH.Zr/c2*1-9(2,3)8-6-4-5-7-8;1-3-2;;;/h2*4-7H,1-3H3;1-2H3;2*1H;/q2*-1;;;;+2/p-2. The second-order valence-corrected chi connectivity index (χ2v) is 31.1. The van der Waals surface area contributed by atoms with Crippen LogP contribution in [0.4, 0.5) is 0 Å². The maximum atomic E-state index is 5.62. The molecule has 0 amide bonds. The van der Waals surface area contributed by atoms with Crippen LogP contribution < -0.4 is 0 Å². The maximum absolute atomic E-state index is 5.62. The quantitative estimate of drug-likeness (QED) is 0.280. The van der Waals surface area contributed by atoms with Crippen LogP contribution >= 0.6 is 17.0 Å². The first-order valence-electron chi connectivity index (χ1n) is 8.28. The summed E-state index contributed by atoms with van der Waals surface area (Å²) in [5.74, 6) is 0. The second kappa shape index (κ2) is 11.2. The molecule has 0 fully saturated rings. The fourth-order valence-corrected chi connectivity index (χ4v) is 1.75. The van der Waals surface area contributed by atoms with Crippen molar-refractivity contribution in [1.82, 2.24) is 0 Å². The van der Waals surface area contributed by atoms with Gasteiger partial charge < -0.3 is 0 Å². The van der Waals surface area contributed by atoms with Gasteiger partial charge in [-0.2, -0.15) is 47.5 Å². The number of halogens is 2. The van der Waals surface area contributed by atoms with Gasteiger partial charge in [0.25, 0.3) is 0 Å².